The Balaban J connectivity index is 1.83. The molecule has 1 atom stereocenters. The second-order valence-corrected chi connectivity index (χ2v) is 6.65. The van der Waals surface area contributed by atoms with Crippen molar-refractivity contribution in [2.45, 2.75) is 30.2 Å². The second kappa shape index (κ2) is 6.08. The van der Waals surface area contributed by atoms with Gasteiger partial charge in [0.25, 0.3) is 5.56 Å². The molecular formula is C15H16FN3O2S. The van der Waals surface area contributed by atoms with Gasteiger partial charge in [0.2, 0.25) is 5.91 Å². The summed E-state index contributed by atoms with van der Waals surface area (Å²) < 4.78 is 13.2. The maximum atomic E-state index is 13.2. The van der Waals surface area contributed by atoms with Gasteiger partial charge in [0.15, 0.2) is 5.16 Å². The number of likely N-dealkylation sites (tertiary alicyclic amines) is 1. The maximum absolute atomic E-state index is 13.2. The quantitative estimate of drug-likeness (QED) is 0.695. The number of amides is 1. The molecule has 3 rings (SSSR count). The third-order valence-corrected chi connectivity index (χ3v) is 4.67. The number of H-pyrrole nitrogens is 1. The van der Waals surface area contributed by atoms with E-state index in [1.54, 1.807) is 6.92 Å². The zero-order valence-electron chi connectivity index (χ0n) is 12.1. The normalized spacial score (nSPS) is 16.2. The van der Waals surface area contributed by atoms with Crippen molar-refractivity contribution in [3.8, 4) is 0 Å². The van der Waals surface area contributed by atoms with Crippen LogP contribution in [0, 0.1) is 5.82 Å². The van der Waals surface area contributed by atoms with E-state index in [-0.39, 0.29) is 16.5 Å². The van der Waals surface area contributed by atoms with Crippen LogP contribution in [0.15, 0.2) is 28.2 Å². The Morgan fingerprint density at radius 2 is 2.14 bits per heavy atom. The SMILES string of the molecule is CC(Sc1nc2ccc(F)cc2c(=O)[nH]1)C(=O)N1CCCC1. The Bertz CT molecular complexity index is 771. The van der Waals surface area contributed by atoms with Crippen LogP contribution in [0.5, 0.6) is 0 Å². The summed E-state index contributed by atoms with van der Waals surface area (Å²) in [6.45, 7) is 3.40. The van der Waals surface area contributed by atoms with Crippen LogP contribution < -0.4 is 5.56 Å². The Morgan fingerprint density at radius 3 is 2.86 bits per heavy atom. The van der Waals surface area contributed by atoms with Crippen molar-refractivity contribution in [1.82, 2.24) is 14.9 Å². The van der Waals surface area contributed by atoms with Crippen LogP contribution in [-0.2, 0) is 4.79 Å². The summed E-state index contributed by atoms with van der Waals surface area (Å²) in [6, 6.07) is 3.90. The fourth-order valence-corrected chi connectivity index (χ4v) is 3.45. The summed E-state index contributed by atoms with van der Waals surface area (Å²) in [4.78, 5) is 33.0. The molecule has 1 aromatic carbocycles. The average Bonchev–Trinajstić information content (AvgIpc) is 3.01. The van der Waals surface area contributed by atoms with E-state index in [1.165, 1.54) is 23.9 Å². The lowest BCUT2D eigenvalue weighted by atomic mass is 10.2. The van der Waals surface area contributed by atoms with Gasteiger partial charge in [0, 0.05) is 13.1 Å². The third-order valence-electron chi connectivity index (χ3n) is 3.70. The van der Waals surface area contributed by atoms with Gasteiger partial charge in [-0.25, -0.2) is 9.37 Å². The van der Waals surface area contributed by atoms with Crippen molar-refractivity contribution in [3.63, 3.8) is 0 Å². The van der Waals surface area contributed by atoms with Gasteiger partial charge in [-0.05, 0) is 38.0 Å². The number of rotatable bonds is 3. The molecule has 2 aromatic rings. The van der Waals surface area contributed by atoms with Crippen LogP contribution in [0.4, 0.5) is 4.39 Å². The number of benzene rings is 1. The highest BCUT2D eigenvalue weighted by Crippen LogP contribution is 2.23. The van der Waals surface area contributed by atoms with Gasteiger partial charge in [-0.15, -0.1) is 0 Å². The number of nitrogens with one attached hydrogen (secondary N) is 1. The van der Waals surface area contributed by atoms with E-state index in [1.807, 2.05) is 4.90 Å². The molecule has 1 saturated heterocycles. The van der Waals surface area contributed by atoms with Gasteiger partial charge in [-0.1, -0.05) is 11.8 Å². The van der Waals surface area contributed by atoms with Crippen LogP contribution in [0.2, 0.25) is 0 Å². The summed E-state index contributed by atoms with van der Waals surface area (Å²) >= 11 is 1.22. The van der Waals surface area contributed by atoms with E-state index in [0.29, 0.717) is 10.7 Å². The molecule has 0 radical (unpaired) electrons. The molecule has 5 nitrogen and oxygen atoms in total. The molecule has 116 valence electrons. The molecule has 1 aliphatic heterocycles. The Morgan fingerprint density at radius 1 is 1.41 bits per heavy atom. The van der Waals surface area contributed by atoms with Gasteiger partial charge in [0.1, 0.15) is 5.82 Å². The minimum atomic E-state index is -0.474. The van der Waals surface area contributed by atoms with Crippen molar-refractivity contribution in [2.75, 3.05) is 13.1 Å². The minimum Gasteiger partial charge on any atom is -0.342 e. The predicted molar refractivity (Wildman–Crippen MR) is 83.5 cm³/mol. The number of nitrogens with zero attached hydrogens (tertiary/aromatic N) is 2. The standard InChI is InChI=1S/C15H16FN3O2S/c1-9(14(21)19-6-2-3-7-19)22-15-17-12-5-4-10(16)8-11(12)13(20)18-15/h4-5,8-9H,2-3,6-7H2,1H3,(H,17,18,20). The predicted octanol–water partition coefficient (Wildman–Crippen LogP) is 2.17. The van der Waals surface area contributed by atoms with Crippen LogP contribution in [0.1, 0.15) is 19.8 Å². The van der Waals surface area contributed by atoms with Gasteiger partial charge in [-0.2, -0.15) is 0 Å². The van der Waals surface area contributed by atoms with Crippen LogP contribution in [0.3, 0.4) is 0 Å². The number of aromatic amines is 1. The van der Waals surface area contributed by atoms with E-state index >= 15 is 0 Å². The fourth-order valence-electron chi connectivity index (χ4n) is 2.56. The van der Waals surface area contributed by atoms with Crippen molar-refractivity contribution in [3.05, 3.63) is 34.4 Å². The Kier molecular flexibility index (Phi) is 4.15. The third kappa shape index (κ3) is 2.99. The molecule has 22 heavy (non-hydrogen) atoms. The average molecular weight is 321 g/mol. The molecule has 2 heterocycles. The Hall–Kier alpha value is -1.89. The van der Waals surface area contributed by atoms with Gasteiger partial charge >= 0.3 is 0 Å². The molecule has 0 saturated carbocycles. The fraction of sp³-hybridized carbons (Fsp3) is 0.400. The summed E-state index contributed by atoms with van der Waals surface area (Å²) in [7, 11) is 0. The van der Waals surface area contributed by atoms with Gasteiger partial charge in [0.05, 0.1) is 16.2 Å². The largest absolute Gasteiger partial charge is 0.342 e. The first-order chi connectivity index (χ1) is 10.5. The highest BCUT2D eigenvalue weighted by Gasteiger charge is 2.24. The van der Waals surface area contributed by atoms with Gasteiger partial charge in [-0.3, -0.25) is 9.59 Å². The number of carbonyl (C=O) groups excluding carboxylic acids is 1. The lowest BCUT2D eigenvalue weighted by Gasteiger charge is -2.19. The smallest absolute Gasteiger partial charge is 0.259 e. The number of fused-ring (bicyclic) bond motifs is 1. The number of hydrogen-bond donors (Lipinski definition) is 1. The van der Waals surface area contributed by atoms with Crippen LogP contribution in [0.25, 0.3) is 10.9 Å². The maximum Gasteiger partial charge on any atom is 0.259 e. The topological polar surface area (TPSA) is 66.1 Å². The van der Waals surface area contributed by atoms with Gasteiger partial charge < -0.3 is 9.88 Å². The second-order valence-electron chi connectivity index (χ2n) is 5.33. The summed E-state index contributed by atoms with van der Waals surface area (Å²) in [6.07, 6.45) is 2.08. The lowest BCUT2D eigenvalue weighted by Crippen LogP contribution is -2.34. The van der Waals surface area contributed by atoms with Crippen molar-refractivity contribution in [2.24, 2.45) is 0 Å². The summed E-state index contributed by atoms with van der Waals surface area (Å²) in [5.74, 6) is -0.415. The number of carbonyl (C=O) groups is 1. The lowest BCUT2D eigenvalue weighted by molar-refractivity contribution is -0.129. The van der Waals surface area contributed by atoms with Crippen molar-refractivity contribution >= 4 is 28.6 Å². The van der Waals surface area contributed by atoms with E-state index in [2.05, 4.69) is 9.97 Å². The Labute approximate surface area is 130 Å². The number of aromatic nitrogens is 2. The van der Waals surface area contributed by atoms with Crippen LogP contribution >= 0.6 is 11.8 Å². The molecule has 1 N–H and O–H groups in total. The molecule has 0 aliphatic carbocycles. The van der Waals surface area contributed by atoms with Crippen molar-refractivity contribution in [1.29, 1.82) is 0 Å². The molecule has 1 aliphatic rings. The molecule has 1 fully saturated rings. The highest BCUT2D eigenvalue weighted by atomic mass is 32.2. The highest BCUT2D eigenvalue weighted by molar-refractivity contribution is 8.00. The first-order valence-electron chi connectivity index (χ1n) is 7.19. The molecule has 0 bridgehead atoms. The molecule has 1 unspecified atom stereocenters. The van der Waals surface area contributed by atoms with E-state index in [4.69, 9.17) is 0 Å². The zero-order chi connectivity index (χ0) is 15.7. The minimum absolute atomic E-state index is 0.0596. The summed E-state index contributed by atoms with van der Waals surface area (Å²) in [5.41, 5.74) is 0.0290. The number of halogens is 1. The summed E-state index contributed by atoms with van der Waals surface area (Å²) in [5, 5.41) is 0.270. The monoisotopic (exact) mass is 321 g/mol. The molecule has 1 amide bonds. The van der Waals surface area contributed by atoms with E-state index in [9.17, 15) is 14.0 Å². The number of thioether (sulfide) groups is 1. The van der Waals surface area contributed by atoms with E-state index in [0.717, 1.165) is 32.0 Å². The van der Waals surface area contributed by atoms with Crippen LogP contribution in [-0.4, -0.2) is 39.1 Å². The molecule has 0 spiro atoms. The van der Waals surface area contributed by atoms with E-state index < -0.39 is 11.4 Å². The number of hydrogen-bond acceptors (Lipinski definition) is 4. The zero-order valence-corrected chi connectivity index (χ0v) is 13.0. The first kappa shape index (κ1) is 15.0. The molecule has 1 aromatic heterocycles. The van der Waals surface area contributed by atoms with Crippen molar-refractivity contribution < 1.29 is 9.18 Å². The molecular weight excluding hydrogens is 305 g/mol. The first-order valence-corrected chi connectivity index (χ1v) is 8.07. The molecule has 7 heteroatoms.